The highest BCUT2D eigenvalue weighted by Crippen LogP contribution is 2.32. The first-order valence-electron chi connectivity index (χ1n) is 21.4. The Bertz CT molecular complexity index is 1540. The maximum Gasteiger partial charge on any atom is 0.253 e. The van der Waals surface area contributed by atoms with Crippen LogP contribution in [0.4, 0.5) is 0 Å². The van der Waals surface area contributed by atoms with Gasteiger partial charge in [0.2, 0.25) is 0 Å². The predicted octanol–water partition coefficient (Wildman–Crippen LogP) is 12.9. The molecule has 62 heavy (non-hydrogen) atoms. The van der Waals surface area contributed by atoms with Gasteiger partial charge in [-0.25, -0.2) is 18.4 Å². The number of carbonyl (C=O) groups excluding carboxylic acids is 4. The minimum absolute atomic E-state index is 0.0324. The number of imide groups is 1. The summed E-state index contributed by atoms with van der Waals surface area (Å²) in [4.78, 5) is 51.7. The Morgan fingerprint density at radius 1 is 0.935 bits per heavy atom. The number of sulfone groups is 1. The monoisotopic (exact) mass is 944 g/mol. The van der Waals surface area contributed by atoms with Crippen LogP contribution in [0.15, 0.2) is 71.2 Å². The number of rotatable bonds is 13. The normalized spacial score (nSPS) is 13.5. The smallest absolute Gasteiger partial charge is 0.253 e. The number of hydrogen-bond donors (Lipinski definition) is 0. The van der Waals surface area contributed by atoms with Crippen LogP contribution in [0.3, 0.4) is 0 Å². The fraction of sp³-hybridized carbons (Fsp3) is 0.667. The standard InChI is InChI=1S/C8H11NS2.C7H9NO2.C7H14O.C6H12O.C6H10O.C5H10O2S.C5H12.C4H7NS/c1-7(2)10-11-8-5-3-4-6-9-8;1-5(2)8-6(9)3-4-7(8)10;1-7(2,3)4-6-5-8-6;2*1-4-6(7)5(2)3;1-4-8(6,7)5(2)3;1-4-5(2)3;1-4(2)5-3-6/h3-7H,1-2H3;3-5H,1-2H3;6H,4-5H2,1-3H3;5H,4H2,1-3H3;4-5H,1H2,2-3H3;4-5H,1H2,2-3H3;5H,4H2,1-3H3;4H,1-2H3. The van der Waals surface area contributed by atoms with Crippen LogP contribution in [0, 0.1) is 23.2 Å². The van der Waals surface area contributed by atoms with Crippen molar-refractivity contribution in [1.82, 2.24) is 9.88 Å². The summed E-state index contributed by atoms with van der Waals surface area (Å²) in [6.45, 7) is 45.4. The number of ketones is 2. The van der Waals surface area contributed by atoms with E-state index in [9.17, 15) is 27.6 Å². The predicted molar refractivity (Wildman–Crippen MR) is 272 cm³/mol. The van der Waals surface area contributed by atoms with Crippen molar-refractivity contribution in [2.24, 2.45) is 28.2 Å². The minimum Gasteiger partial charge on any atom is -0.373 e. The van der Waals surface area contributed by atoms with Crippen molar-refractivity contribution in [3.63, 3.8) is 0 Å². The third-order valence-corrected chi connectivity index (χ3v) is 12.1. The number of ether oxygens (including phenoxy) is 1. The van der Waals surface area contributed by atoms with Crippen LogP contribution in [0.2, 0.25) is 0 Å². The lowest BCUT2D eigenvalue weighted by Crippen LogP contribution is -2.36. The number of aliphatic imine (C=N–C) groups is 1. The van der Waals surface area contributed by atoms with E-state index in [1.807, 2.05) is 97.5 Å². The summed E-state index contributed by atoms with van der Waals surface area (Å²) < 4.78 is 26.2. The Balaban J connectivity index is -0.000000202. The zero-order valence-corrected chi connectivity index (χ0v) is 45.1. The molecular weight excluding hydrogens is 859 g/mol. The number of hydrogen-bond acceptors (Lipinski definition) is 12. The largest absolute Gasteiger partial charge is 0.373 e. The summed E-state index contributed by atoms with van der Waals surface area (Å²) in [6.07, 6.45) is 9.55. The number of isothiocyanates is 1. The second kappa shape index (κ2) is 39.8. The summed E-state index contributed by atoms with van der Waals surface area (Å²) in [7, 11) is 0.600. The second-order valence-electron chi connectivity index (χ2n) is 17.2. The van der Waals surface area contributed by atoms with Crippen molar-refractivity contribution in [2.45, 2.75) is 185 Å². The number of pyridine rings is 1. The molecule has 0 radical (unpaired) electrons. The Morgan fingerprint density at radius 3 is 1.56 bits per heavy atom. The van der Waals surface area contributed by atoms with Crippen molar-refractivity contribution < 1.29 is 32.3 Å². The molecule has 2 aliphatic rings. The van der Waals surface area contributed by atoms with Gasteiger partial charge in [0.05, 0.1) is 29.2 Å². The topological polar surface area (TPSA) is 143 Å². The van der Waals surface area contributed by atoms with Gasteiger partial charge in [-0.15, -0.1) is 0 Å². The number of allylic oxidation sites excluding steroid dienone is 1. The Hall–Kier alpha value is -2.74. The highest BCUT2D eigenvalue weighted by Gasteiger charge is 2.28. The first-order chi connectivity index (χ1) is 28.4. The molecule has 10 nitrogen and oxygen atoms in total. The average Bonchev–Trinajstić information content (AvgIpc) is 3.92. The molecule has 0 aliphatic carbocycles. The maximum atomic E-state index is 10.8. The van der Waals surface area contributed by atoms with Gasteiger partial charge in [-0.3, -0.25) is 24.1 Å². The summed E-state index contributed by atoms with van der Waals surface area (Å²) >= 11 is 4.31. The molecule has 2 aliphatic heterocycles. The fourth-order valence-electron chi connectivity index (χ4n) is 3.27. The molecule has 1 saturated heterocycles. The highest BCUT2D eigenvalue weighted by atomic mass is 33.1. The van der Waals surface area contributed by atoms with Crippen LogP contribution in [-0.4, -0.2) is 82.1 Å². The van der Waals surface area contributed by atoms with Crippen molar-refractivity contribution in [3.05, 3.63) is 61.2 Å². The first-order valence-corrected chi connectivity index (χ1v) is 25.7. The van der Waals surface area contributed by atoms with E-state index in [0.717, 1.165) is 23.0 Å². The SMILES string of the molecule is C=CC(=O)C(C)C.C=CS(=O)(=O)C(C)C.CC(C)(C)CC1CO1.CC(C)N1C(=O)C=CC1=O.CC(C)N=C=S.CC(C)SSc1ccccn1.CCC(=O)C(C)C.CCC(C)C. The number of Topliss-reactive ketones (excluding diaryl/α,β-unsaturated/α-hetero) is 1. The van der Waals surface area contributed by atoms with Gasteiger partial charge in [-0.2, -0.15) is 0 Å². The van der Waals surface area contributed by atoms with E-state index in [1.54, 1.807) is 24.6 Å². The third-order valence-electron chi connectivity index (χ3n) is 7.35. The average molecular weight is 944 g/mol. The maximum absolute atomic E-state index is 10.8. The van der Waals surface area contributed by atoms with Gasteiger partial charge in [-0.1, -0.05) is 126 Å². The van der Waals surface area contributed by atoms with Crippen LogP contribution in [0.1, 0.15) is 151 Å². The van der Waals surface area contributed by atoms with Gasteiger partial charge in [0, 0.05) is 53.3 Å². The van der Waals surface area contributed by atoms with Gasteiger partial charge in [0.1, 0.15) is 10.8 Å². The molecule has 0 spiro atoms. The summed E-state index contributed by atoms with van der Waals surface area (Å²) in [6, 6.07) is 6.25. The summed E-state index contributed by atoms with van der Waals surface area (Å²) in [5, 5.41) is 4.67. The van der Waals surface area contributed by atoms with Crippen molar-refractivity contribution in [1.29, 1.82) is 0 Å². The molecule has 1 atom stereocenters. The lowest BCUT2D eigenvalue weighted by atomic mass is 9.91. The van der Waals surface area contributed by atoms with Gasteiger partial charge in [0.25, 0.3) is 11.8 Å². The molecule has 358 valence electrons. The minimum atomic E-state index is -2.97. The van der Waals surface area contributed by atoms with Crippen LogP contribution < -0.4 is 0 Å². The fourth-order valence-corrected chi connectivity index (χ4v) is 5.57. The van der Waals surface area contributed by atoms with E-state index in [-0.39, 0.29) is 40.7 Å². The van der Waals surface area contributed by atoms with E-state index < -0.39 is 9.84 Å². The molecule has 0 N–H and O–H groups in total. The van der Waals surface area contributed by atoms with E-state index in [0.29, 0.717) is 35.0 Å². The van der Waals surface area contributed by atoms with Gasteiger partial charge < -0.3 is 4.74 Å². The quantitative estimate of drug-likeness (QED) is 0.0465. The molecule has 0 aromatic carbocycles. The van der Waals surface area contributed by atoms with Gasteiger partial charge >= 0.3 is 0 Å². The van der Waals surface area contributed by atoms with E-state index in [4.69, 9.17) is 4.74 Å². The Kier molecular flexibility index (Phi) is 43.9. The van der Waals surface area contributed by atoms with Crippen LogP contribution in [0.25, 0.3) is 0 Å². The van der Waals surface area contributed by atoms with Crippen LogP contribution >= 0.6 is 33.8 Å². The zero-order valence-electron chi connectivity index (χ0n) is 41.8. The summed E-state index contributed by atoms with van der Waals surface area (Å²) in [5.41, 5.74) is 0.459. The number of epoxide rings is 1. The molecule has 3 heterocycles. The highest BCUT2D eigenvalue weighted by molar-refractivity contribution is 8.76. The Labute approximate surface area is 392 Å². The molecule has 1 fully saturated rings. The lowest BCUT2D eigenvalue weighted by Gasteiger charge is -2.17. The van der Waals surface area contributed by atoms with Crippen molar-refractivity contribution in [2.75, 3.05) is 6.61 Å². The lowest BCUT2D eigenvalue weighted by molar-refractivity contribution is -0.138. The molecule has 1 aromatic heterocycles. The van der Waals surface area contributed by atoms with Crippen LogP contribution in [-0.2, 0) is 33.8 Å². The van der Waals surface area contributed by atoms with Crippen molar-refractivity contribution >= 4 is 72.2 Å². The molecule has 2 amide bonds. The number of aromatic nitrogens is 1. The first kappa shape index (κ1) is 68.3. The molecule has 1 unspecified atom stereocenters. The van der Waals surface area contributed by atoms with Crippen LogP contribution in [0.5, 0.6) is 0 Å². The summed E-state index contributed by atoms with van der Waals surface area (Å²) in [5.74, 6) is 1.26. The third kappa shape index (κ3) is 48.3. The number of nitrogens with zero attached hydrogens (tertiary/aromatic N) is 3. The van der Waals surface area contributed by atoms with E-state index in [1.165, 1.54) is 36.0 Å². The second-order valence-corrected chi connectivity index (χ2v) is 22.7. The van der Waals surface area contributed by atoms with Gasteiger partial charge in [-0.05, 0) is 101 Å². The number of amides is 2. The molecule has 1 aromatic rings. The zero-order chi connectivity index (χ0) is 49.8. The Morgan fingerprint density at radius 2 is 1.42 bits per heavy atom. The molecule has 14 heteroatoms. The number of carbonyl (C=O) groups is 4. The van der Waals surface area contributed by atoms with Crippen molar-refractivity contribution in [3.8, 4) is 0 Å². The van der Waals surface area contributed by atoms with E-state index >= 15 is 0 Å². The molecular formula is C48H85N3O7S4. The molecule has 0 saturated carbocycles. The van der Waals surface area contributed by atoms with Gasteiger partial charge in [0.15, 0.2) is 15.6 Å². The molecule has 3 rings (SSSR count). The number of thiocarbonyl (C=S) groups is 1. The molecule has 0 bridgehead atoms. The van der Waals surface area contributed by atoms with E-state index in [2.05, 4.69) is 95.9 Å².